The first kappa shape index (κ1) is 25.0. The second-order valence-corrected chi connectivity index (χ2v) is 11.4. The Morgan fingerprint density at radius 3 is 2.68 bits per heavy atom. The highest BCUT2D eigenvalue weighted by atomic mass is 16.5. The number of imide groups is 1. The van der Waals surface area contributed by atoms with Crippen molar-refractivity contribution < 1.29 is 19.4 Å². The van der Waals surface area contributed by atoms with Gasteiger partial charge in [-0.2, -0.15) is 0 Å². The van der Waals surface area contributed by atoms with Gasteiger partial charge in [-0.1, -0.05) is 24.6 Å². The standard InChI is InChI=1S/C31H37N3O4/c1-31-19-27-25(12-4-7-20-13-14-24(38-2)18-26(20)27)28(21-8-3-11-23(35)17-21)34(31)30(37)33(29(31)36)16-6-15-32-22-9-5-10-22/h3,8,11,13-14,17-18,22,28,32,35H,4-7,9-10,12,15-16,19H2,1-2H3/t28-,31+/m1/s1. The van der Waals surface area contributed by atoms with Gasteiger partial charge in [0, 0.05) is 19.0 Å². The van der Waals surface area contributed by atoms with Crippen molar-refractivity contribution >= 4 is 17.5 Å². The van der Waals surface area contributed by atoms with Crippen LogP contribution in [0.5, 0.6) is 11.5 Å². The lowest BCUT2D eigenvalue weighted by molar-refractivity contribution is -0.133. The second-order valence-electron chi connectivity index (χ2n) is 11.4. The molecule has 2 fully saturated rings. The molecule has 1 saturated carbocycles. The van der Waals surface area contributed by atoms with Gasteiger partial charge in [-0.25, -0.2) is 4.79 Å². The Bertz CT molecular complexity index is 1300. The number of urea groups is 1. The zero-order valence-corrected chi connectivity index (χ0v) is 22.3. The van der Waals surface area contributed by atoms with Crippen molar-refractivity contribution in [2.75, 3.05) is 20.2 Å². The molecule has 2 atom stereocenters. The smallest absolute Gasteiger partial charge is 0.328 e. The summed E-state index contributed by atoms with van der Waals surface area (Å²) in [5, 5.41) is 13.9. The summed E-state index contributed by atoms with van der Waals surface area (Å²) in [4.78, 5) is 31.4. The number of benzene rings is 2. The largest absolute Gasteiger partial charge is 0.508 e. The Kier molecular flexibility index (Phi) is 6.42. The second kappa shape index (κ2) is 9.77. The van der Waals surface area contributed by atoms with E-state index in [4.69, 9.17) is 4.74 Å². The number of amides is 3. The summed E-state index contributed by atoms with van der Waals surface area (Å²) in [5.41, 5.74) is 4.50. The van der Waals surface area contributed by atoms with Crippen LogP contribution < -0.4 is 10.1 Å². The molecular formula is C31H37N3O4. The van der Waals surface area contributed by atoms with E-state index in [1.807, 2.05) is 30.0 Å². The summed E-state index contributed by atoms with van der Waals surface area (Å²) >= 11 is 0. The van der Waals surface area contributed by atoms with Crippen LogP contribution >= 0.6 is 0 Å². The number of ether oxygens (including phenoxy) is 1. The van der Waals surface area contributed by atoms with Gasteiger partial charge in [0.1, 0.15) is 17.0 Å². The van der Waals surface area contributed by atoms with E-state index >= 15 is 0 Å². The summed E-state index contributed by atoms with van der Waals surface area (Å²) in [6, 6.07) is 13.3. The molecule has 7 nitrogen and oxygen atoms in total. The number of rotatable bonds is 7. The highest BCUT2D eigenvalue weighted by Crippen LogP contribution is 2.53. The maximum absolute atomic E-state index is 14.1. The fourth-order valence-electron chi connectivity index (χ4n) is 6.76. The fraction of sp³-hybridized carbons (Fsp3) is 0.484. The van der Waals surface area contributed by atoms with E-state index in [1.165, 1.54) is 29.7 Å². The van der Waals surface area contributed by atoms with Gasteiger partial charge in [0.25, 0.3) is 5.91 Å². The molecule has 2 aliphatic heterocycles. The molecule has 3 amide bonds. The van der Waals surface area contributed by atoms with Crippen LogP contribution in [0.2, 0.25) is 0 Å². The molecule has 6 rings (SSSR count). The normalized spacial score (nSPS) is 25.1. The zero-order chi connectivity index (χ0) is 26.4. The Balaban J connectivity index is 1.41. The molecule has 38 heavy (non-hydrogen) atoms. The van der Waals surface area contributed by atoms with E-state index in [0.29, 0.717) is 19.0 Å². The van der Waals surface area contributed by atoms with E-state index in [9.17, 15) is 14.7 Å². The van der Waals surface area contributed by atoms with Crippen LogP contribution in [-0.2, 0) is 11.2 Å². The van der Waals surface area contributed by atoms with Crippen LogP contribution in [0, 0.1) is 0 Å². The first-order valence-electron chi connectivity index (χ1n) is 14.0. The molecule has 0 unspecified atom stereocenters. The van der Waals surface area contributed by atoms with Crippen LogP contribution in [0.4, 0.5) is 4.79 Å². The van der Waals surface area contributed by atoms with Crippen LogP contribution in [0.1, 0.15) is 74.6 Å². The predicted molar refractivity (Wildman–Crippen MR) is 146 cm³/mol. The monoisotopic (exact) mass is 515 g/mol. The van der Waals surface area contributed by atoms with Gasteiger partial charge >= 0.3 is 6.03 Å². The highest BCUT2D eigenvalue weighted by Gasteiger charge is 2.59. The van der Waals surface area contributed by atoms with Crippen LogP contribution in [0.15, 0.2) is 48.0 Å². The van der Waals surface area contributed by atoms with Gasteiger partial charge in [-0.05, 0) is 104 Å². The molecule has 0 spiro atoms. The average Bonchev–Trinajstić information content (AvgIpc) is 2.99. The maximum atomic E-state index is 14.1. The Labute approximate surface area is 224 Å². The molecule has 7 heteroatoms. The third-order valence-electron chi connectivity index (χ3n) is 8.99. The molecule has 4 aliphatic rings. The Morgan fingerprint density at radius 2 is 1.95 bits per heavy atom. The molecule has 1 saturated heterocycles. The average molecular weight is 516 g/mol. The number of phenols is 1. The molecule has 2 N–H and O–H groups in total. The van der Waals surface area contributed by atoms with Crippen molar-refractivity contribution in [2.45, 2.75) is 75.9 Å². The molecule has 2 aromatic rings. The van der Waals surface area contributed by atoms with Gasteiger partial charge in [0.2, 0.25) is 0 Å². The van der Waals surface area contributed by atoms with E-state index in [-0.39, 0.29) is 17.7 Å². The lowest BCUT2D eigenvalue weighted by atomic mass is 9.75. The number of nitrogens with zero attached hydrogens (tertiary/aromatic N) is 2. The number of carbonyl (C=O) groups excluding carboxylic acids is 2. The van der Waals surface area contributed by atoms with Gasteiger partial charge < -0.3 is 15.2 Å². The van der Waals surface area contributed by atoms with E-state index in [2.05, 4.69) is 17.4 Å². The first-order chi connectivity index (χ1) is 18.4. The van der Waals surface area contributed by atoms with Crippen LogP contribution in [0.3, 0.4) is 0 Å². The minimum absolute atomic E-state index is 0.128. The molecule has 2 aromatic carbocycles. The fourth-order valence-corrected chi connectivity index (χ4v) is 6.76. The third kappa shape index (κ3) is 4.08. The number of nitrogens with one attached hydrogen (secondary N) is 1. The molecular weight excluding hydrogens is 478 g/mol. The quantitative estimate of drug-likeness (QED) is 0.392. The summed E-state index contributed by atoms with van der Waals surface area (Å²) in [6.45, 7) is 3.13. The van der Waals surface area contributed by atoms with Gasteiger partial charge in [0.15, 0.2) is 0 Å². The number of phenolic OH excluding ortho intramolecular Hbond substituents is 1. The molecule has 2 aliphatic carbocycles. The number of fused-ring (bicyclic) bond motifs is 3. The van der Waals surface area contributed by atoms with Crippen molar-refractivity contribution in [3.05, 3.63) is 64.7 Å². The molecule has 0 bridgehead atoms. The number of aromatic hydroxyl groups is 1. The summed E-state index contributed by atoms with van der Waals surface area (Å²) in [7, 11) is 1.67. The summed E-state index contributed by atoms with van der Waals surface area (Å²) in [6.07, 6.45) is 7.61. The van der Waals surface area contributed by atoms with Crippen LogP contribution in [-0.4, -0.2) is 58.6 Å². The number of carbonyl (C=O) groups is 2. The zero-order valence-electron chi connectivity index (χ0n) is 22.3. The molecule has 200 valence electrons. The number of hydrogen-bond acceptors (Lipinski definition) is 5. The Morgan fingerprint density at radius 1 is 1.11 bits per heavy atom. The third-order valence-corrected chi connectivity index (χ3v) is 8.99. The Hall–Kier alpha value is -3.32. The number of aryl methyl sites for hydroxylation is 1. The van der Waals surface area contributed by atoms with Crippen molar-refractivity contribution in [1.29, 1.82) is 0 Å². The van der Waals surface area contributed by atoms with Gasteiger partial charge in [-0.3, -0.25) is 14.6 Å². The van der Waals surface area contributed by atoms with Gasteiger partial charge in [0.05, 0.1) is 13.2 Å². The lowest BCUT2D eigenvalue weighted by Gasteiger charge is -2.45. The van der Waals surface area contributed by atoms with Crippen molar-refractivity contribution in [3.8, 4) is 11.5 Å². The lowest BCUT2D eigenvalue weighted by Crippen LogP contribution is -2.52. The van der Waals surface area contributed by atoms with Crippen molar-refractivity contribution in [1.82, 2.24) is 15.1 Å². The van der Waals surface area contributed by atoms with E-state index < -0.39 is 11.6 Å². The molecule has 0 radical (unpaired) electrons. The van der Waals surface area contributed by atoms with Crippen molar-refractivity contribution in [3.63, 3.8) is 0 Å². The minimum Gasteiger partial charge on any atom is -0.508 e. The summed E-state index contributed by atoms with van der Waals surface area (Å²) < 4.78 is 5.58. The van der Waals surface area contributed by atoms with Crippen molar-refractivity contribution in [2.24, 2.45) is 0 Å². The van der Waals surface area contributed by atoms with Gasteiger partial charge in [-0.15, -0.1) is 0 Å². The topological polar surface area (TPSA) is 82.1 Å². The number of methoxy groups -OCH3 is 1. The summed E-state index contributed by atoms with van der Waals surface area (Å²) in [5.74, 6) is 0.814. The minimum atomic E-state index is -1.00. The van der Waals surface area contributed by atoms with E-state index in [1.54, 1.807) is 19.2 Å². The van der Waals surface area contributed by atoms with Crippen LogP contribution in [0.25, 0.3) is 5.57 Å². The predicted octanol–water partition coefficient (Wildman–Crippen LogP) is 5.19. The maximum Gasteiger partial charge on any atom is 0.328 e. The molecule has 2 heterocycles. The highest BCUT2D eigenvalue weighted by molar-refractivity contribution is 6.09. The van der Waals surface area contributed by atoms with E-state index in [0.717, 1.165) is 60.3 Å². The SMILES string of the molecule is COc1ccc2c(c1)C1=C(CCC2)[C@@H](c2cccc(O)c2)N2C(=O)N(CCCNC3CCC3)C(=O)[C@]2(C)C1. The number of hydrogen-bond donors (Lipinski definition) is 2. The first-order valence-corrected chi connectivity index (χ1v) is 14.0. The molecule has 0 aromatic heterocycles.